The monoisotopic (exact) mass is 942 g/mol. The number of thiophene rings is 4. The smallest absolute Gasteiger partial charge is 0.349 e. The third kappa shape index (κ3) is 6.44. The number of hydrogen-bond donors (Lipinski definition) is 2. The standard InChI is InChI=1S/2C19H22NO4S2.2BrH/c2*1-20(2)12-9-11(10-13(20)17-16(12)24-17)23-18(21)19(22,14-5-3-7-25-14)15-6-4-8-26-15;;/h2*3-8,11-13,16-17,22H,9-10H2,1-2H3;2*1H/q2*+1;;/p-2/t11?,12-,13+,16-,17+;;;. The molecule has 2 N–H and O–H groups in total. The Labute approximate surface area is 351 Å². The number of nitrogens with zero attached hydrogens (tertiary/aromatic N) is 2. The fraction of sp³-hybridized carbons (Fsp3) is 0.526. The first-order valence-electron chi connectivity index (χ1n) is 17.8. The minimum absolute atomic E-state index is 0. The molecule has 0 radical (unpaired) electrons. The highest BCUT2D eigenvalue weighted by Crippen LogP contribution is 2.53. The Hall–Kier alpha value is -1.54. The van der Waals surface area contributed by atoms with E-state index in [0.29, 0.717) is 68.1 Å². The first kappa shape index (κ1) is 40.6. The molecule has 292 valence electrons. The van der Waals surface area contributed by atoms with Gasteiger partial charge < -0.3 is 72.1 Å². The predicted molar refractivity (Wildman–Crippen MR) is 198 cm³/mol. The van der Waals surface area contributed by atoms with E-state index in [1.807, 2.05) is 45.8 Å². The average Bonchev–Trinajstić information content (AvgIpc) is 3.57. The Bertz CT molecular complexity index is 1680. The molecule has 10 rings (SSSR count). The lowest BCUT2D eigenvalue weighted by atomic mass is 9.95. The van der Waals surface area contributed by atoms with Gasteiger partial charge in [-0.25, -0.2) is 9.59 Å². The van der Waals surface area contributed by atoms with Crippen LogP contribution in [0.15, 0.2) is 70.1 Å². The molecule has 10 heterocycles. The number of fused-ring (bicyclic) bond motifs is 10. The third-order valence-corrected chi connectivity index (χ3v) is 16.6. The molecule has 0 spiro atoms. The molecule has 6 saturated heterocycles. The van der Waals surface area contributed by atoms with Gasteiger partial charge in [-0.1, -0.05) is 24.3 Å². The van der Waals surface area contributed by atoms with Crippen LogP contribution in [0, 0.1) is 0 Å². The Kier molecular flexibility index (Phi) is 11.1. The molecule has 10 nitrogen and oxygen atoms in total. The highest BCUT2D eigenvalue weighted by Gasteiger charge is 2.72. The lowest BCUT2D eigenvalue weighted by Crippen LogP contribution is -3.00. The molecule has 6 aliphatic heterocycles. The molecule has 54 heavy (non-hydrogen) atoms. The molecule has 9 atom stereocenters. The zero-order chi connectivity index (χ0) is 36.2. The molecule has 6 aliphatic rings. The van der Waals surface area contributed by atoms with Crippen molar-refractivity contribution in [1.82, 2.24) is 0 Å². The van der Waals surface area contributed by atoms with Crippen molar-refractivity contribution in [1.29, 1.82) is 0 Å². The lowest BCUT2D eigenvalue weighted by Gasteiger charge is -2.45. The van der Waals surface area contributed by atoms with Crippen LogP contribution in [0.2, 0.25) is 0 Å². The largest absolute Gasteiger partial charge is 1.00 e. The van der Waals surface area contributed by atoms with Gasteiger partial charge in [-0.2, -0.15) is 0 Å². The van der Waals surface area contributed by atoms with Crippen molar-refractivity contribution in [2.24, 2.45) is 0 Å². The maximum atomic E-state index is 13.1. The number of halogens is 2. The number of aliphatic hydroxyl groups is 2. The fourth-order valence-corrected chi connectivity index (χ4v) is 13.1. The van der Waals surface area contributed by atoms with E-state index in [1.54, 1.807) is 24.3 Å². The van der Waals surface area contributed by atoms with E-state index >= 15 is 0 Å². The van der Waals surface area contributed by atoms with Gasteiger partial charge >= 0.3 is 11.9 Å². The van der Waals surface area contributed by atoms with Crippen LogP contribution in [0.4, 0.5) is 0 Å². The third-order valence-electron chi connectivity index (χ3n) is 12.7. The van der Waals surface area contributed by atoms with Gasteiger partial charge in [-0.3, -0.25) is 0 Å². The van der Waals surface area contributed by atoms with E-state index in [1.165, 1.54) is 45.3 Å². The van der Waals surface area contributed by atoms with Crippen LogP contribution in [0.25, 0.3) is 0 Å². The predicted octanol–water partition coefficient (Wildman–Crippen LogP) is -1.30. The number of epoxide rings is 2. The number of hydrogen-bond acceptors (Lipinski definition) is 12. The quantitative estimate of drug-likeness (QED) is 0.127. The minimum atomic E-state index is -1.72. The van der Waals surface area contributed by atoms with Crippen LogP contribution in [0.5, 0.6) is 0 Å². The molecular weight excluding hydrogens is 900 g/mol. The SMILES string of the molecule is C[N+]1(C)C2CC(OC(=O)C(O)(c3cccs3)c3cccs3)CC1C1OC12.C[N+]1(C)[C@@H]2CC(OC(=O)C(O)(c3cccs3)c3cccs3)C[C@H]1[C@@H]1O[C@@H]12.[Br-].[Br-]. The zero-order valence-corrected chi connectivity index (χ0v) is 36.6. The number of rotatable bonds is 8. The molecule has 4 aromatic rings. The van der Waals surface area contributed by atoms with Crippen molar-refractivity contribution < 1.29 is 81.7 Å². The second-order valence-electron chi connectivity index (χ2n) is 16.0. The topological polar surface area (TPSA) is 118 Å². The number of morpholine rings is 2. The van der Waals surface area contributed by atoms with Crippen molar-refractivity contribution in [2.75, 3.05) is 28.2 Å². The van der Waals surface area contributed by atoms with E-state index < -0.39 is 23.1 Å². The summed E-state index contributed by atoms with van der Waals surface area (Å²) in [6, 6.07) is 16.0. The van der Waals surface area contributed by atoms with Gasteiger partial charge in [0.05, 0.1) is 47.7 Å². The maximum Gasteiger partial charge on any atom is 0.349 e. The number of quaternary nitrogens is 2. The van der Waals surface area contributed by atoms with E-state index in [9.17, 15) is 19.8 Å². The van der Waals surface area contributed by atoms with Gasteiger partial charge in [0.2, 0.25) is 11.2 Å². The molecule has 4 aromatic heterocycles. The zero-order valence-electron chi connectivity index (χ0n) is 30.2. The Morgan fingerprint density at radius 1 is 0.574 bits per heavy atom. The lowest BCUT2D eigenvalue weighted by molar-refractivity contribution is -0.938. The van der Waals surface area contributed by atoms with Gasteiger partial charge in [-0.15, -0.1) is 45.3 Å². The number of esters is 2. The summed E-state index contributed by atoms with van der Waals surface area (Å²) in [5.41, 5.74) is -3.44. The Morgan fingerprint density at radius 3 is 1.06 bits per heavy atom. The number of carbonyl (C=O) groups excluding carboxylic acids is 2. The van der Waals surface area contributed by atoms with Crippen LogP contribution in [-0.2, 0) is 39.7 Å². The summed E-state index contributed by atoms with van der Waals surface area (Å²) in [5, 5.41) is 30.2. The van der Waals surface area contributed by atoms with E-state index in [4.69, 9.17) is 18.9 Å². The highest BCUT2D eigenvalue weighted by molar-refractivity contribution is 7.12. The van der Waals surface area contributed by atoms with E-state index in [2.05, 4.69) is 28.2 Å². The summed E-state index contributed by atoms with van der Waals surface area (Å²) in [4.78, 5) is 28.7. The van der Waals surface area contributed by atoms with Crippen molar-refractivity contribution >= 4 is 57.3 Å². The Morgan fingerprint density at radius 2 is 0.833 bits per heavy atom. The molecule has 4 bridgehead atoms. The fourth-order valence-electron chi connectivity index (χ4n) is 9.66. The maximum absolute atomic E-state index is 13.1. The van der Waals surface area contributed by atoms with Crippen LogP contribution < -0.4 is 34.0 Å². The van der Waals surface area contributed by atoms with Crippen molar-refractivity contribution in [2.45, 2.75) is 97.7 Å². The summed E-state index contributed by atoms with van der Waals surface area (Å²) in [6.45, 7) is 0. The van der Waals surface area contributed by atoms with Crippen molar-refractivity contribution in [3.8, 4) is 0 Å². The number of carbonyl (C=O) groups is 2. The molecule has 0 aliphatic carbocycles. The van der Waals surface area contributed by atoms with Crippen LogP contribution >= 0.6 is 45.3 Å². The molecule has 0 saturated carbocycles. The molecule has 5 unspecified atom stereocenters. The molecular formula is C38H44Br2N2O8S4. The normalized spacial score (nSPS) is 33.1. The number of ether oxygens (including phenoxy) is 4. The van der Waals surface area contributed by atoms with Gasteiger partial charge in [0.25, 0.3) is 0 Å². The Balaban J connectivity index is 0.000000161. The summed E-state index contributed by atoms with van der Waals surface area (Å²) in [6.07, 6.45) is 4.10. The van der Waals surface area contributed by atoms with Crippen LogP contribution in [-0.4, -0.2) is 120 Å². The van der Waals surface area contributed by atoms with Crippen molar-refractivity contribution in [3.63, 3.8) is 0 Å². The number of likely N-dealkylation sites (N-methyl/N-ethyl adjacent to an activating group) is 2. The van der Waals surface area contributed by atoms with E-state index in [-0.39, 0.29) is 46.2 Å². The first-order valence-corrected chi connectivity index (χ1v) is 21.4. The highest BCUT2D eigenvalue weighted by atomic mass is 79.9. The molecule has 16 heteroatoms. The molecule has 0 aromatic carbocycles. The van der Waals surface area contributed by atoms with Gasteiger partial charge in [0.15, 0.2) is 0 Å². The minimum Gasteiger partial charge on any atom is -1.00 e. The summed E-state index contributed by atoms with van der Waals surface area (Å²) in [7, 11) is 8.99. The van der Waals surface area contributed by atoms with E-state index in [0.717, 1.165) is 34.6 Å². The van der Waals surface area contributed by atoms with Crippen molar-refractivity contribution in [3.05, 3.63) is 89.6 Å². The van der Waals surface area contributed by atoms with Crippen LogP contribution in [0.3, 0.4) is 0 Å². The summed E-state index contributed by atoms with van der Waals surface area (Å²) in [5.74, 6) is -1.12. The van der Waals surface area contributed by atoms with Crippen LogP contribution in [0.1, 0.15) is 45.2 Å². The second kappa shape index (κ2) is 14.7. The van der Waals surface area contributed by atoms with Gasteiger partial charge in [0.1, 0.15) is 60.8 Å². The van der Waals surface area contributed by atoms with Gasteiger partial charge in [0, 0.05) is 25.7 Å². The molecule has 0 amide bonds. The summed E-state index contributed by atoms with van der Waals surface area (Å²) < 4.78 is 25.3. The first-order chi connectivity index (χ1) is 24.8. The van der Waals surface area contributed by atoms with Gasteiger partial charge in [-0.05, 0) is 45.8 Å². The molecule has 6 fully saturated rings. The average molecular weight is 945 g/mol. The summed E-state index contributed by atoms with van der Waals surface area (Å²) >= 11 is 5.49. The second-order valence-corrected chi connectivity index (χ2v) is 19.8. The number of piperidine rings is 2.